The standard InChI is InChI=1S/C14H11F4N3O3S/c15-11-6-1-8(14(16,17)18)7-12(11)20-13(22)19-9-2-4-10(5-3-9)21-25(23)24/h1-7,21H,(H,23,24)(H2,19,20,22)/p-1. The average molecular weight is 376 g/mol. The molecule has 0 bridgehead atoms. The summed E-state index contributed by atoms with van der Waals surface area (Å²) >= 11 is -2.51. The molecule has 0 saturated heterocycles. The summed E-state index contributed by atoms with van der Waals surface area (Å²) < 4.78 is 74.4. The Kier molecular flexibility index (Phi) is 5.59. The van der Waals surface area contributed by atoms with Gasteiger partial charge in [0, 0.05) is 22.6 Å². The first-order valence-corrected chi connectivity index (χ1v) is 7.63. The van der Waals surface area contributed by atoms with E-state index in [9.17, 15) is 31.1 Å². The van der Waals surface area contributed by atoms with E-state index in [1.165, 1.54) is 24.3 Å². The van der Waals surface area contributed by atoms with Crippen molar-refractivity contribution in [1.29, 1.82) is 0 Å². The maximum absolute atomic E-state index is 13.6. The number of hydrogen-bond donors (Lipinski definition) is 3. The van der Waals surface area contributed by atoms with Gasteiger partial charge in [-0.15, -0.1) is 0 Å². The van der Waals surface area contributed by atoms with Gasteiger partial charge in [-0.25, -0.2) is 9.18 Å². The molecular weight excluding hydrogens is 366 g/mol. The molecule has 3 N–H and O–H groups in total. The first-order valence-electron chi connectivity index (χ1n) is 6.56. The van der Waals surface area contributed by atoms with Crippen molar-refractivity contribution in [2.45, 2.75) is 6.18 Å². The number of benzene rings is 2. The van der Waals surface area contributed by atoms with Crippen LogP contribution in [0.2, 0.25) is 0 Å². The van der Waals surface area contributed by atoms with Gasteiger partial charge in [0.15, 0.2) is 0 Å². The summed E-state index contributed by atoms with van der Waals surface area (Å²) in [6, 6.07) is 6.05. The van der Waals surface area contributed by atoms with E-state index in [1.54, 1.807) is 0 Å². The van der Waals surface area contributed by atoms with Gasteiger partial charge in [0.05, 0.1) is 11.3 Å². The Bertz CT molecular complexity index is 797. The number of nitrogens with one attached hydrogen (secondary N) is 3. The van der Waals surface area contributed by atoms with Crippen molar-refractivity contribution in [2.24, 2.45) is 0 Å². The molecule has 0 radical (unpaired) electrons. The van der Waals surface area contributed by atoms with Gasteiger partial charge < -0.3 is 19.9 Å². The topological polar surface area (TPSA) is 93.3 Å². The lowest BCUT2D eigenvalue weighted by molar-refractivity contribution is -0.137. The average Bonchev–Trinajstić information content (AvgIpc) is 2.50. The lowest BCUT2D eigenvalue weighted by atomic mass is 10.2. The van der Waals surface area contributed by atoms with Crippen LogP contribution in [0, 0.1) is 5.82 Å². The number of alkyl halides is 3. The van der Waals surface area contributed by atoms with Crippen LogP contribution in [0.1, 0.15) is 5.56 Å². The van der Waals surface area contributed by atoms with Crippen molar-refractivity contribution in [3.63, 3.8) is 0 Å². The van der Waals surface area contributed by atoms with Crippen molar-refractivity contribution in [3.8, 4) is 0 Å². The third kappa shape index (κ3) is 5.43. The van der Waals surface area contributed by atoms with Crippen LogP contribution >= 0.6 is 0 Å². The highest BCUT2D eigenvalue weighted by atomic mass is 32.2. The quantitative estimate of drug-likeness (QED) is 0.561. The molecule has 2 aromatic rings. The molecule has 6 nitrogen and oxygen atoms in total. The van der Waals surface area contributed by atoms with E-state index in [2.05, 4.69) is 10.0 Å². The predicted octanol–water partition coefficient (Wildman–Crippen LogP) is 3.69. The minimum absolute atomic E-state index is 0.215. The number of urea groups is 1. The van der Waals surface area contributed by atoms with Crippen molar-refractivity contribution in [2.75, 3.05) is 15.4 Å². The van der Waals surface area contributed by atoms with Gasteiger partial charge in [0.25, 0.3) is 0 Å². The first-order chi connectivity index (χ1) is 11.6. The highest BCUT2D eigenvalue weighted by Crippen LogP contribution is 2.31. The van der Waals surface area contributed by atoms with Crippen LogP contribution in [0.5, 0.6) is 0 Å². The molecule has 0 aliphatic carbocycles. The van der Waals surface area contributed by atoms with Crippen molar-refractivity contribution < 1.29 is 31.1 Å². The molecule has 25 heavy (non-hydrogen) atoms. The molecule has 2 aromatic carbocycles. The summed E-state index contributed by atoms with van der Waals surface area (Å²) in [6.45, 7) is 0. The van der Waals surface area contributed by atoms with E-state index < -0.39 is 40.5 Å². The highest BCUT2D eigenvalue weighted by Gasteiger charge is 2.31. The Labute approximate surface area is 141 Å². The molecule has 1 atom stereocenters. The Balaban J connectivity index is 2.06. The van der Waals surface area contributed by atoms with E-state index in [0.29, 0.717) is 18.2 Å². The van der Waals surface area contributed by atoms with Crippen molar-refractivity contribution >= 4 is 34.4 Å². The number of carbonyl (C=O) groups excluding carboxylic acids is 1. The molecule has 134 valence electrons. The van der Waals surface area contributed by atoms with Gasteiger partial charge in [0.1, 0.15) is 5.82 Å². The molecule has 2 rings (SSSR count). The summed E-state index contributed by atoms with van der Waals surface area (Å²) in [6.07, 6.45) is -4.68. The summed E-state index contributed by atoms with van der Waals surface area (Å²) in [5.41, 5.74) is -1.28. The molecule has 0 saturated carbocycles. The van der Waals surface area contributed by atoms with Crippen LogP contribution in [-0.4, -0.2) is 14.8 Å². The van der Waals surface area contributed by atoms with Crippen LogP contribution in [0.4, 0.5) is 39.4 Å². The summed E-state index contributed by atoms with van der Waals surface area (Å²) in [5.74, 6) is -1.03. The van der Waals surface area contributed by atoms with E-state index in [-0.39, 0.29) is 11.4 Å². The Morgan fingerprint density at radius 2 is 1.60 bits per heavy atom. The van der Waals surface area contributed by atoms with E-state index in [1.807, 2.05) is 5.32 Å². The third-order valence-corrected chi connectivity index (χ3v) is 3.29. The van der Waals surface area contributed by atoms with Gasteiger partial charge in [-0.05, 0) is 42.5 Å². The van der Waals surface area contributed by atoms with Crippen molar-refractivity contribution in [3.05, 3.63) is 53.8 Å². The highest BCUT2D eigenvalue weighted by molar-refractivity contribution is 7.80. The minimum Gasteiger partial charge on any atom is -0.755 e. The smallest absolute Gasteiger partial charge is 0.416 e. The number of carbonyl (C=O) groups is 1. The lowest BCUT2D eigenvalue weighted by Crippen LogP contribution is -2.20. The molecule has 0 aromatic heterocycles. The van der Waals surface area contributed by atoms with Crippen LogP contribution < -0.4 is 15.4 Å². The molecule has 0 aliphatic heterocycles. The molecule has 11 heteroatoms. The van der Waals surface area contributed by atoms with E-state index in [4.69, 9.17) is 0 Å². The number of anilines is 3. The lowest BCUT2D eigenvalue weighted by Gasteiger charge is -2.12. The summed E-state index contributed by atoms with van der Waals surface area (Å²) in [4.78, 5) is 11.8. The Morgan fingerprint density at radius 3 is 2.16 bits per heavy atom. The third-order valence-electron chi connectivity index (χ3n) is 2.89. The summed E-state index contributed by atoms with van der Waals surface area (Å²) in [5, 5.41) is 4.26. The zero-order valence-electron chi connectivity index (χ0n) is 12.2. The fourth-order valence-corrected chi connectivity index (χ4v) is 2.13. The number of rotatable bonds is 4. The normalized spacial score (nSPS) is 12.4. The van der Waals surface area contributed by atoms with Crippen LogP contribution in [-0.2, 0) is 17.4 Å². The molecule has 2 amide bonds. The zero-order chi connectivity index (χ0) is 18.6. The minimum atomic E-state index is -4.68. The van der Waals surface area contributed by atoms with Gasteiger partial charge >= 0.3 is 12.2 Å². The van der Waals surface area contributed by atoms with Crippen LogP contribution in [0.15, 0.2) is 42.5 Å². The Hall–Kier alpha value is -2.66. The Morgan fingerprint density at radius 1 is 1.00 bits per heavy atom. The van der Waals surface area contributed by atoms with Gasteiger partial charge in [-0.3, -0.25) is 4.21 Å². The molecule has 1 unspecified atom stereocenters. The number of amides is 2. The van der Waals surface area contributed by atoms with Crippen LogP contribution in [0.25, 0.3) is 0 Å². The number of halogens is 4. The van der Waals surface area contributed by atoms with E-state index in [0.717, 1.165) is 0 Å². The second kappa shape index (κ2) is 7.49. The summed E-state index contributed by atoms with van der Waals surface area (Å²) in [7, 11) is 0. The predicted molar refractivity (Wildman–Crippen MR) is 83.0 cm³/mol. The SMILES string of the molecule is O=C(Nc1ccc(NS(=O)[O-])cc1)Nc1cc(C(F)(F)F)ccc1F. The number of hydrogen-bond acceptors (Lipinski definition) is 3. The first kappa shape index (κ1) is 18.7. The molecule has 0 spiro atoms. The zero-order valence-corrected chi connectivity index (χ0v) is 13.0. The maximum atomic E-state index is 13.6. The fourth-order valence-electron chi connectivity index (χ4n) is 1.80. The van der Waals surface area contributed by atoms with Gasteiger partial charge in [-0.1, -0.05) is 0 Å². The molecule has 0 aliphatic rings. The molecule has 0 fully saturated rings. The molecular formula is C14H10F4N3O3S-. The maximum Gasteiger partial charge on any atom is 0.416 e. The van der Waals surface area contributed by atoms with Crippen LogP contribution in [0.3, 0.4) is 0 Å². The second-order valence-electron chi connectivity index (χ2n) is 4.69. The largest absolute Gasteiger partial charge is 0.755 e. The monoisotopic (exact) mass is 376 g/mol. The van der Waals surface area contributed by atoms with E-state index >= 15 is 0 Å². The molecule has 0 heterocycles. The fraction of sp³-hybridized carbons (Fsp3) is 0.0714. The van der Waals surface area contributed by atoms with Crippen molar-refractivity contribution in [1.82, 2.24) is 0 Å². The van der Waals surface area contributed by atoms with Gasteiger partial charge in [0.2, 0.25) is 0 Å². The second-order valence-corrected chi connectivity index (χ2v) is 5.36. The van der Waals surface area contributed by atoms with Gasteiger partial charge in [-0.2, -0.15) is 13.2 Å².